The van der Waals surface area contributed by atoms with Gasteiger partial charge in [-0.3, -0.25) is 15.8 Å². The minimum Gasteiger partial charge on any atom is -0.387 e. The molecule has 0 saturated carbocycles. The van der Waals surface area contributed by atoms with Crippen LogP contribution in [0.3, 0.4) is 0 Å². The minimum atomic E-state index is -0.724. The van der Waals surface area contributed by atoms with E-state index in [0.29, 0.717) is 40.1 Å². The largest absolute Gasteiger partial charge is 0.387 e. The summed E-state index contributed by atoms with van der Waals surface area (Å²) in [4.78, 5) is 4.17. The normalized spacial score (nSPS) is 22.9. The van der Waals surface area contributed by atoms with Crippen LogP contribution in [-0.4, -0.2) is 43.8 Å². The number of rotatable bonds is 5. The highest BCUT2D eigenvalue weighted by Crippen LogP contribution is 2.23. The number of hydrogen-bond acceptors (Lipinski definition) is 4. The van der Waals surface area contributed by atoms with Crippen LogP contribution in [0.25, 0.3) is 0 Å². The first-order chi connectivity index (χ1) is 11.0. The molecule has 6 nitrogen and oxygen atoms in total. The van der Waals surface area contributed by atoms with Crippen LogP contribution in [-0.2, 0) is 0 Å². The second-order valence-corrected chi connectivity index (χ2v) is 6.50. The van der Waals surface area contributed by atoms with Gasteiger partial charge in [0, 0.05) is 48.7 Å². The standard InChI is InChI=1S/C15H23Cl2N5O/c1-9-11(7-21-22-9)6-19-15(18-2)20-8-14(23)10-3-12(16)5-13(17)4-10/h3-5,9,11,14,21-23H,6-8H2,1-2H3,(H2,18,19,20). The fourth-order valence-electron chi connectivity index (χ4n) is 2.42. The van der Waals surface area contributed by atoms with E-state index >= 15 is 0 Å². The third kappa shape index (κ3) is 5.51. The van der Waals surface area contributed by atoms with Gasteiger partial charge >= 0.3 is 0 Å². The molecule has 0 amide bonds. The van der Waals surface area contributed by atoms with E-state index in [4.69, 9.17) is 23.2 Å². The number of aliphatic imine (C=N–C) groups is 1. The maximum absolute atomic E-state index is 10.3. The molecule has 1 fully saturated rings. The Balaban J connectivity index is 1.82. The summed E-state index contributed by atoms with van der Waals surface area (Å²) < 4.78 is 0. The van der Waals surface area contributed by atoms with Gasteiger partial charge in [-0.15, -0.1) is 0 Å². The highest BCUT2D eigenvalue weighted by atomic mass is 35.5. The van der Waals surface area contributed by atoms with Crippen molar-refractivity contribution in [1.29, 1.82) is 0 Å². The molecule has 128 valence electrons. The lowest BCUT2D eigenvalue weighted by Gasteiger charge is -2.19. The molecule has 2 rings (SSSR count). The number of nitrogens with zero attached hydrogens (tertiary/aromatic N) is 1. The molecule has 23 heavy (non-hydrogen) atoms. The monoisotopic (exact) mass is 359 g/mol. The van der Waals surface area contributed by atoms with Crippen LogP contribution in [0.15, 0.2) is 23.2 Å². The van der Waals surface area contributed by atoms with Crippen molar-refractivity contribution < 1.29 is 5.11 Å². The van der Waals surface area contributed by atoms with Crippen molar-refractivity contribution in [1.82, 2.24) is 21.5 Å². The van der Waals surface area contributed by atoms with E-state index in [-0.39, 0.29) is 0 Å². The molecule has 1 aromatic carbocycles. The molecule has 8 heteroatoms. The molecule has 0 bridgehead atoms. The molecule has 0 radical (unpaired) electrons. The number of aliphatic hydroxyl groups is 1. The van der Waals surface area contributed by atoms with Gasteiger partial charge in [-0.1, -0.05) is 23.2 Å². The second kappa shape index (κ2) is 8.70. The van der Waals surface area contributed by atoms with Crippen molar-refractivity contribution in [2.24, 2.45) is 10.9 Å². The summed E-state index contributed by atoms with van der Waals surface area (Å²) in [5.41, 5.74) is 6.98. The highest BCUT2D eigenvalue weighted by Gasteiger charge is 2.22. The first kappa shape index (κ1) is 18.3. The zero-order valence-corrected chi connectivity index (χ0v) is 14.7. The lowest BCUT2D eigenvalue weighted by molar-refractivity contribution is 0.181. The number of hydrogen-bond donors (Lipinski definition) is 5. The van der Waals surface area contributed by atoms with Gasteiger partial charge in [0.2, 0.25) is 0 Å². The lowest BCUT2D eigenvalue weighted by Crippen LogP contribution is -2.43. The number of hydrazine groups is 1. The van der Waals surface area contributed by atoms with E-state index in [2.05, 4.69) is 33.4 Å². The van der Waals surface area contributed by atoms with Crippen molar-refractivity contribution in [3.63, 3.8) is 0 Å². The molecular formula is C15H23Cl2N5O. The van der Waals surface area contributed by atoms with Gasteiger partial charge in [-0.05, 0) is 30.7 Å². The number of halogens is 2. The Labute approximate surface area is 146 Å². The van der Waals surface area contributed by atoms with E-state index in [1.807, 2.05) is 0 Å². The third-order valence-corrected chi connectivity index (χ3v) is 4.33. The van der Waals surface area contributed by atoms with E-state index in [0.717, 1.165) is 13.1 Å². The fourth-order valence-corrected chi connectivity index (χ4v) is 2.96. The van der Waals surface area contributed by atoms with Gasteiger partial charge in [0.1, 0.15) is 0 Å². The first-order valence-corrected chi connectivity index (χ1v) is 8.32. The van der Waals surface area contributed by atoms with Gasteiger partial charge < -0.3 is 15.7 Å². The van der Waals surface area contributed by atoms with E-state index in [9.17, 15) is 5.11 Å². The predicted molar refractivity (Wildman–Crippen MR) is 94.9 cm³/mol. The predicted octanol–water partition coefficient (Wildman–Crippen LogP) is 1.30. The Morgan fingerprint density at radius 2 is 2.04 bits per heavy atom. The van der Waals surface area contributed by atoms with Crippen molar-refractivity contribution in [2.45, 2.75) is 19.1 Å². The van der Waals surface area contributed by atoms with Gasteiger partial charge in [0.15, 0.2) is 5.96 Å². The van der Waals surface area contributed by atoms with Crippen molar-refractivity contribution >= 4 is 29.2 Å². The summed E-state index contributed by atoms with van der Waals surface area (Å²) in [6.45, 7) is 4.15. The van der Waals surface area contributed by atoms with Crippen molar-refractivity contribution in [3.05, 3.63) is 33.8 Å². The van der Waals surface area contributed by atoms with Gasteiger partial charge in [0.05, 0.1) is 6.10 Å². The van der Waals surface area contributed by atoms with Gasteiger partial charge in [-0.25, -0.2) is 0 Å². The summed E-state index contributed by atoms with van der Waals surface area (Å²) in [6.07, 6.45) is -0.724. The second-order valence-electron chi connectivity index (χ2n) is 5.63. The molecule has 0 aliphatic carbocycles. The molecular weight excluding hydrogens is 337 g/mol. The zero-order chi connectivity index (χ0) is 16.8. The average Bonchev–Trinajstić information content (AvgIpc) is 2.91. The van der Waals surface area contributed by atoms with E-state index < -0.39 is 6.10 Å². The maximum Gasteiger partial charge on any atom is 0.191 e. The van der Waals surface area contributed by atoms with Crippen LogP contribution in [0.2, 0.25) is 10.0 Å². The van der Waals surface area contributed by atoms with Crippen molar-refractivity contribution in [3.8, 4) is 0 Å². The number of nitrogens with one attached hydrogen (secondary N) is 4. The van der Waals surface area contributed by atoms with E-state index in [1.165, 1.54) is 0 Å². The maximum atomic E-state index is 10.3. The number of guanidine groups is 1. The molecule has 3 unspecified atom stereocenters. The number of benzene rings is 1. The van der Waals surface area contributed by atoms with Gasteiger partial charge in [-0.2, -0.15) is 0 Å². The zero-order valence-electron chi connectivity index (χ0n) is 13.2. The Morgan fingerprint density at radius 1 is 1.35 bits per heavy atom. The van der Waals surface area contributed by atoms with Crippen LogP contribution in [0.1, 0.15) is 18.6 Å². The quantitative estimate of drug-likeness (QED) is 0.404. The molecule has 3 atom stereocenters. The third-order valence-electron chi connectivity index (χ3n) is 3.89. The van der Waals surface area contributed by atoms with Gasteiger partial charge in [0.25, 0.3) is 0 Å². The molecule has 1 aromatic rings. The molecule has 1 heterocycles. The molecule has 0 aromatic heterocycles. The fraction of sp³-hybridized carbons (Fsp3) is 0.533. The molecule has 1 saturated heterocycles. The smallest absolute Gasteiger partial charge is 0.191 e. The SMILES string of the molecule is CN=C(NCC(O)c1cc(Cl)cc(Cl)c1)NCC1CNNC1C. The van der Waals surface area contributed by atoms with Crippen molar-refractivity contribution in [2.75, 3.05) is 26.7 Å². The van der Waals surface area contributed by atoms with Crippen LogP contribution in [0.4, 0.5) is 0 Å². The van der Waals surface area contributed by atoms with Crippen LogP contribution < -0.4 is 21.5 Å². The van der Waals surface area contributed by atoms with Crippen LogP contribution >= 0.6 is 23.2 Å². The summed E-state index contributed by atoms with van der Waals surface area (Å²) in [7, 11) is 1.70. The lowest BCUT2D eigenvalue weighted by atomic mass is 10.0. The number of aliphatic hydroxyl groups excluding tert-OH is 1. The van der Waals surface area contributed by atoms with E-state index in [1.54, 1.807) is 25.2 Å². The first-order valence-electron chi connectivity index (χ1n) is 7.56. The molecule has 1 aliphatic heterocycles. The Morgan fingerprint density at radius 3 is 2.61 bits per heavy atom. The Kier molecular flexibility index (Phi) is 6.92. The van der Waals surface area contributed by atoms with Crippen LogP contribution in [0, 0.1) is 5.92 Å². The average molecular weight is 360 g/mol. The minimum absolute atomic E-state index is 0.313. The molecule has 1 aliphatic rings. The molecule has 0 spiro atoms. The topological polar surface area (TPSA) is 80.7 Å². The summed E-state index contributed by atoms with van der Waals surface area (Å²) >= 11 is 11.9. The summed E-state index contributed by atoms with van der Waals surface area (Å²) in [5.74, 6) is 1.13. The summed E-state index contributed by atoms with van der Waals surface area (Å²) in [5, 5.41) is 17.6. The Bertz CT molecular complexity index is 534. The summed E-state index contributed by atoms with van der Waals surface area (Å²) in [6, 6.07) is 5.44. The molecule has 5 N–H and O–H groups in total. The highest BCUT2D eigenvalue weighted by molar-refractivity contribution is 6.34. The van der Waals surface area contributed by atoms with Crippen LogP contribution in [0.5, 0.6) is 0 Å². The Hall–Kier alpha value is -1.05.